The molecule has 0 bridgehead atoms. The number of benzene rings is 2. The van der Waals surface area contributed by atoms with Crippen LogP contribution in [-0.2, 0) is 4.79 Å². The second kappa shape index (κ2) is 12.5. The maximum atomic E-state index is 13.3. The van der Waals surface area contributed by atoms with E-state index >= 15 is 0 Å². The van der Waals surface area contributed by atoms with Crippen LogP contribution in [0, 0.1) is 0 Å². The first-order valence-electron chi connectivity index (χ1n) is 10.9. The average Bonchev–Trinajstić information content (AvgIpc) is 3.27. The molecule has 178 valence electrons. The molecule has 0 aliphatic heterocycles. The van der Waals surface area contributed by atoms with E-state index in [0.29, 0.717) is 40.1 Å². The molecule has 3 aromatic rings. The molecule has 0 spiro atoms. The van der Waals surface area contributed by atoms with Crippen molar-refractivity contribution in [2.45, 2.75) is 25.2 Å². The summed E-state index contributed by atoms with van der Waals surface area (Å²) in [5, 5.41) is 1.38. The maximum absolute atomic E-state index is 13.3. The van der Waals surface area contributed by atoms with Crippen LogP contribution in [0.25, 0.3) is 10.2 Å². The number of carbonyl (C=O) groups excluding carboxylic acids is 1. The van der Waals surface area contributed by atoms with Crippen molar-refractivity contribution in [3.05, 3.63) is 41.4 Å². The van der Waals surface area contributed by atoms with Crippen molar-refractivity contribution < 1.29 is 14.3 Å². The van der Waals surface area contributed by atoms with Crippen molar-refractivity contribution in [3.63, 3.8) is 0 Å². The zero-order valence-corrected chi connectivity index (χ0v) is 21.9. The van der Waals surface area contributed by atoms with Gasteiger partial charge in [0.25, 0.3) is 0 Å². The number of hydrogen-bond acceptors (Lipinski definition) is 7. The average molecular weight is 508 g/mol. The number of thioether (sulfide) groups is 1. The number of hydrogen-bond donors (Lipinski definition) is 0. The Hall–Kier alpha value is -2.00. The molecule has 0 fully saturated rings. The number of anilines is 1. The number of rotatable bonds is 12. The molecule has 1 heterocycles. The monoisotopic (exact) mass is 507 g/mol. The van der Waals surface area contributed by atoms with Gasteiger partial charge in [0.15, 0.2) is 5.13 Å². The molecule has 0 radical (unpaired) electrons. The Morgan fingerprint density at radius 3 is 2.33 bits per heavy atom. The Morgan fingerprint density at radius 2 is 1.70 bits per heavy atom. The van der Waals surface area contributed by atoms with E-state index in [4.69, 9.17) is 26.1 Å². The highest BCUT2D eigenvalue weighted by molar-refractivity contribution is 7.99. The molecule has 6 nitrogen and oxygen atoms in total. The van der Waals surface area contributed by atoms with Crippen LogP contribution in [0.1, 0.15) is 20.3 Å². The molecule has 9 heteroatoms. The van der Waals surface area contributed by atoms with Crippen molar-refractivity contribution in [2.75, 3.05) is 51.1 Å². The normalized spacial score (nSPS) is 11.2. The smallest absolute Gasteiger partial charge is 0.229 e. The van der Waals surface area contributed by atoms with E-state index < -0.39 is 0 Å². The van der Waals surface area contributed by atoms with Gasteiger partial charge in [-0.05, 0) is 49.5 Å². The van der Waals surface area contributed by atoms with Crippen LogP contribution in [0.2, 0.25) is 5.02 Å². The lowest BCUT2D eigenvalue weighted by atomic mass is 10.3. The number of likely N-dealkylation sites (N-methyl/N-ethyl adjacent to an activating group) is 1. The van der Waals surface area contributed by atoms with Gasteiger partial charge in [0.2, 0.25) is 5.91 Å². The van der Waals surface area contributed by atoms with Crippen molar-refractivity contribution in [3.8, 4) is 11.5 Å². The van der Waals surface area contributed by atoms with Crippen molar-refractivity contribution in [1.29, 1.82) is 0 Å². The summed E-state index contributed by atoms with van der Waals surface area (Å²) in [6.07, 6.45) is 0.412. The van der Waals surface area contributed by atoms with Gasteiger partial charge in [-0.25, -0.2) is 4.98 Å². The second-order valence-corrected chi connectivity index (χ2v) is 9.85. The van der Waals surface area contributed by atoms with Crippen LogP contribution >= 0.6 is 34.7 Å². The molecule has 0 saturated heterocycles. The van der Waals surface area contributed by atoms with Gasteiger partial charge in [-0.1, -0.05) is 36.8 Å². The molecule has 33 heavy (non-hydrogen) atoms. The standard InChI is InChI=1S/C24H30ClN3O3S2/c1-5-27(6-2)14-15-28(21(29)13-16-32-18-9-7-17(25)8-10-18)24-26-22-19(30-3)11-12-20(31-4)23(22)33-24/h7-12H,5-6,13-16H2,1-4H3. The number of nitrogens with zero attached hydrogens (tertiary/aromatic N) is 3. The third kappa shape index (κ3) is 6.53. The molecule has 0 N–H and O–H groups in total. The minimum atomic E-state index is 0.0561. The van der Waals surface area contributed by atoms with Crippen LogP contribution in [0.3, 0.4) is 0 Å². The number of methoxy groups -OCH3 is 2. The molecule has 0 atom stereocenters. The fraction of sp³-hybridized carbons (Fsp3) is 0.417. The maximum Gasteiger partial charge on any atom is 0.229 e. The van der Waals surface area contributed by atoms with E-state index in [9.17, 15) is 4.79 Å². The summed E-state index contributed by atoms with van der Waals surface area (Å²) in [4.78, 5) is 23.3. The quantitative estimate of drug-likeness (QED) is 0.288. The first-order chi connectivity index (χ1) is 16.0. The number of halogens is 1. The highest BCUT2D eigenvalue weighted by Crippen LogP contribution is 2.40. The lowest BCUT2D eigenvalue weighted by Gasteiger charge is -2.24. The van der Waals surface area contributed by atoms with Crippen LogP contribution in [0.4, 0.5) is 5.13 Å². The van der Waals surface area contributed by atoms with E-state index in [1.807, 2.05) is 41.3 Å². The number of ether oxygens (including phenoxy) is 2. The lowest BCUT2D eigenvalue weighted by Crippen LogP contribution is -2.39. The topological polar surface area (TPSA) is 54.9 Å². The van der Waals surface area contributed by atoms with Gasteiger partial charge in [-0.15, -0.1) is 11.8 Å². The number of amides is 1. The molecule has 1 aromatic heterocycles. The third-order valence-electron chi connectivity index (χ3n) is 5.36. The summed E-state index contributed by atoms with van der Waals surface area (Å²) in [5.41, 5.74) is 0.716. The summed E-state index contributed by atoms with van der Waals surface area (Å²) in [6, 6.07) is 11.4. The van der Waals surface area contributed by atoms with E-state index in [1.54, 1.807) is 26.0 Å². The molecule has 0 aliphatic rings. The largest absolute Gasteiger partial charge is 0.495 e. The van der Waals surface area contributed by atoms with E-state index in [1.165, 1.54) is 11.3 Å². The number of carbonyl (C=O) groups is 1. The second-order valence-electron chi connectivity index (χ2n) is 7.27. The first-order valence-corrected chi connectivity index (χ1v) is 13.1. The zero-order valence-electron chi connectivity index (χ0n) is 19.5. The van der Waals surface area contributed by atoms with Gasteiger partial charge in [-0.3, -0.25) is 9.69 Å². The predicted molar refractivity (Wildman–Crippen MR) is 140 cm³/mol. The minimum absolute atomic E-state index is 0.0561. The van der Waals surface area contributed by atoms with Gasteiger partial charge in [0, 0.05) is 35.2 Å². The summed E-state index contributed by atoms with van der Waals surface area (Å²) in [6.45, 7) is 7.50. The number of aromatic nitrogens is 1. The summed E-state index contributed by atoms with van der Waals surface area (Å²) in [5.74, 6) is 2.13. The highest BCUT2D eigenvalue weighted by Gasteiger charge is 2.23. The third-order valence-corrected chi connectivity index (χ3v) is 7.72. The van der Waals surface area contributed by atoms with E-state index in [-0.39, 0.29) is 5.91 Å². The van der Waals surface area contributed by atoms with Crippen LogP contribution < -0.4 is 14.4 Å². The van der Waals surface area contributed by atoms with Gasteiger partial charge in [-0.2, -0.15) is 0 Å². The van der Waals surface area contributed by atoms with E-state index in [0.717, 1.165) is 35.0 Å². The van der Waals surface area contributed by atoms with Crippen molar-refractivity contribution in [2.24, 2.45) is 0 Å². The van der Waals surface area contributed by atoms with Crippen LogP contribution in [-0.4, -0.2) is 61.9 Å². The molecule has 3 rings (SSSR count). The Bertz CT molecular complexity index is 1010. The molecule has 0 unspecified atom stereocenters. The molecular formula is C24H30ClN3O3S2. The Kier molecular flexibility index (Phi) is 9.67. The molecule has 0 saturated carbocycles. The van der Waals surface area contributed by atoms with Gasteiger partial charge in [0.1, 0.15) is 21.7 Å². The van der Waals surface area contributed by atoms with E-state index in [2.05, 4.69) is 18.7 Å². The van der Waals surface area contributed by atoms with Crippen molar-refractivity contribution in [1.82, 2.24) is 9.88 Å². The molecule has 2 aromatic carbocycles. The zero-order chi connectivity index (χ0) is 23.8. The van der Waals surface area contributed by atoms with Crippen molar-refractivity contribution >= 4 is 56.0 Å². The minimum Gasteiger partial charge on any atom is -0.495 e. The lowest BCUT2D eigenvalue weighted by molar-refractivity contribution is -0.118. The number of thiazole rings is 1. The SMILES string of the molecule is CCN(CC)CCN(C(=O)CCSc1ccc(Cl)cc1)c1nc2c(OC)ccc(OC)c2s1. The van der Waals surface area contributed by atoms with Crippen LogP contribution in [0.5, 0.6) is 11.5 Å². The summed E-state index contributed by atoms with van der Waals surface area (Å²) in [7, 11) is 3.26. The van der Waals surface area contributed by atoms with Gasteiger partial charge in [0.05, 0.1) is 14.2 Å². The summed E-state index contributed by atoms with van der Waals surface area (Å²) >= 11 is 9.08. The Balaban J connectivity index is 1.82. The fourth-order valence-corrected chi connectivity index (χ4v) is 5.50. The molecule has 1 amide bonds. The summed E-state index contributed by atoms with van der Waals surface area (Å²) < 4.78 is 11.9. The number of fused-ring (bicyclic) bond motifs is 1. The molecular weight excluding hydrogens is 478 g/mol. The Morgan fingerprint density at radius 1 is 1.03 bits per heavy atom. The Labute approximate surface area is 208 Å². The molecule has 0 aliphatic carbocycles. The predicted octanol–water partition coefficient (Wildman–Crippen LogP) is 5.82. The van der Waals surface area contributed by atoms with Gasteiger partial charge < -0.3 is 14.4 Å². The highest BCUT2D eigenvalue weighted by atomic mass is 35.5. The fourth-order valence-electron chi connectivity index (χ4n) is 3.42. The van der Waals surface area contributed by atoms with Gasteiger partial charge >= 0.3 is 0 Å². The first kappa shape index (κ1) is 25.6. The van der Waals surface area contributed by atoms with Crippen LogP contribution in [0.15, 0.2) is 41.3 Å².